The molecule has 0 fully saturated rings. The molecule has 0 radical (unpaired) electrons. The lowest BCUT2D eigenvalue weighted by atomic mass is 10.0. The molecule has 2 rings (SSSR count). The van der Waals surface area contributed by atoms with Crippen molar-refractivity contribution in [3.05, 3.63) is 28.8 Å². The van der Waals surface area contributed by atoms with Crippen molar-refractivity contribution in [2.45, 2.75) is 33.2 Å². The van der Waals surface area contributed by atoms with Gasteiger partial charge in [-0.25, -0.2) is 0 Å². The van der Waals surface area contributed by atoms with Crippen molar-refractivity contribution in [2.24, 2.45) is 7.05 Å². The summed E-state index contributed by atoms with van der Waals surface area (Å²) in [6.45, 7) is 7.34. The molecule has 2 heterocycles. The van der Waals surface area contributed by atoms with Crippen molar-refractivity contribution in [1.82, 2.24) is 19.6 Å². The molecule has 0 aromatic carbocycles. The number of anilines is 1. The van der Waals surface area contributed by atoms with Crippen LogP contribution in [0.5, 0.6) is 0 Å². The van der Waals surface area contributed by atoms with E-state index in [9.17, 15) is 4.79 Å². The van der Waals surface area contributed by atoms with E-state index in [1.807, 2.05) is 20.9 Å². The average Bonchev–Trinajstić information content (AvgIpc) is 2.89. The van der Waals surface area contributed by atoms with E-state index in [1.54, 1.807) is 29.4 Å². The van der Waals surface area contributed by atoms with Crippen molar-refractivity contribution in [3.63, 3.8) is 0 Å². The largest absolute Gasteiger partial charge is 0.321 e. The molecule has 0 aliphatic carbocycles. The van der Waals surface area contributed by atoms with Crippen molar-refractivity contribution < 1.29 is 4.79 Å². The van der Waals surface area contributed by atoms with E-state index in [1.165, 1.54) is 6.20 Å². The third-order valence-corrected chi connectivity index (χ3v) is 3.62. The highest BCUT2D eigenvalue weighted by Crippen LogP contribution is 2.23. The van der Waals surface area contributed by atoms with Gasteiger partial charge in [-0.1, -0.05) is 11.6 Å². The zero-order valence-corrected chi connectivity index (χ0v) is 13.0. The van der Waals surface area contributed by atoms with Gasteiger partial charge in [-0.3, -0.25) is 14.2 Å². The molecule has 1 N–H and O–H groups in total. The Balaban J connectivity index is 2.27. The van der Waals surface area contributed by atoms with Gasteiger partial charge in [0.05, 0.1) is 28.3 Å². The Morgan fingerprint density at radius 3 is 2.50 bits per heavy atom. The molecule has 1 amide bonds. The zero-order chi connectivity index (χ0) is 15.1. The molecular weight excluding hydrogens is 278 g/mol. The first-order valence-corrected chi connectivity index (χ1v) is 6.63. The van der Waals surface area contributed by atoms with Gasteiger partial charge in [0.15, 0.2) is 0 Å². The van der Waals surface area contributed by atoms with Crippen LogP contribution >= 0.6 is 11.6 Å². The number of aromatic nitrogens is 4. The van der Waals surface area contributed by atoms with Crippen LogP contribution in [0.1, 0.15) is 25.2 Å². The number of rotatable bonds is 3. The highest BCUT2D eigenvalue weighted by Gasteiger charge is 2.31. The van der Waals surface area contributed by atoms with Gasteiger partial charge in [-0.2, -0.15) is 10.2 Å². The van der Waals surface area contributed by atoms with E-state index < -0.39 is 5.54 Å². The first kappa shape index (κ1) is 14.6. The minimum Gasteiger partial charge on any atom is -0.321 e. The topological polar surface area (TPSA) is 64.7 Å². The van der Waals surface area contributed by atoms with Gasteiger partial charge >= 0.3 is 0 Å². The fraction of sp³-hybridized carbons (Fsp3) is 0.462. The van der Waals surface area contributed by atoms with Gasteiger partial charge < -0.3 is 5.32 Å². The Morgan fingerprint density at radius 2 is 2.05 bits per heavy atom. The summed E-state index contributed by atoms with van der Waals surface area (Å²) in [5.41, 5.74) is 1.59. The van der Waals surface area contributed by atoms with Crippen molar-refractivity contribution in [3.8, 4) is 0 Å². The SMILES string of the molecule is Cc1nn(C)c(C)c1NC(=O)C(C)(C)n1cc(Cl)cn1. The van der Waals surface area contributed by atoms with E-state index >= 15 is 0 Å². The van der Waals surface area contributed by atoms with Crippen molar-refractivity contribution >= 4 is 23.2 Å². The number of nitrogens with one attached hydrogen (secondary N) is 1. The standard InChI is InChI=1S/C13H18ClN5O/c1-8-11(9(2)18(5)17-8)16-12(20)13(3,4)19-7-10(14)6-15-19/h6-7H,1-5H3,(H,16,20). The lowest BCUT2D eigenvalue weighted by molar-refractivity contribution is -0.123. The first-order valence-electron chi connectivity index (χ1n) is 6.25. The van der Waals surface area contributed by atoms with Crippen LogP contribution in [0.15, 0.2) is 12.4 Å². The maximum Gasteiger partial charge on any atom is 0.251 e. The second-order valence-electron chi connectivity index (χ2n) is 5.29. The highest BCUT2D eigenvalue weighted by molar-refractivity contribution is 6.30. The van der Waals surface area contributed by atoms with Crippen molar-refractivity contribution in [2.75, 3.05) is 5.32 Å². The van der Waals surface area contributed by atoms with E-state index in [0.29, 0.717) is 5.02 Å². The number of nitrogens with zero attached hydrogens (tertiary/aromatic N) is 4. The molecule has 0 saturated carbocycles. The number of hydrogen-bond acceptors (Lipinski definition) is 3. The third-order valence-electron chi connectivity index (χ3n) is 3.43. The molecular formula is C13H18ClN5O. The fourth-order valence-corrected chi connectivity index (χ4v) is 2.07. The molecule has 0 aliphatic heterocycles. The summed E-state index contributed by atoms with van der Waals surface area (Å²) in [4.78, 5) is 12.5. The summed E-state index contributed by atoms with van der Waals surface area (Å²) in [5, 5.41) is 11.8. The Morgan fingerprint density at radius 1 is 1.40 bits per heavy atom. The second kappa shape index (κ2) is 4.94. The maximum absolute atomic E-state index is 12.5. The van der Waals surface area contributed by atoms with E-state index in [-0.39, 0.29) is 5.91 Å². The van der Waals surface area contributed by atoms with Gasteiger partial charge in [0.2, 0.25) is 0 Å². The molecule has 0 spiro atoms. The lowest BCUT2D eigenvalue weighted by Crippen LogP contribution is -2.40. The molecule has 0 atom stereocenters. The Kier molecular flexibility index (Phi) is 3.60. The van der Waals surface area contributed by atoms with Gasteiger partial charge in [0.25, 0.3) is 5.91 Å². The second-order valence-corrected chi connectivity index (χ2v) is 5.72. The molecule has 0 aliphatic rings. The van der Waals surface area contributed by atoms with Crippen LogP contribution < -0.4 is 5.32 Å². The maximum atomic E-state index is 12.5. The van der Waals surface area contributed by atoms with Crippen LogP contribution in [0, 0.1) is 13.8 Å². The van der Waals surface area contributed by atoms with Crippen molar-refractivity contribution in [1.29, 1.82) is 0 Å². The zero-order valence-electron chi connectivity index (χ0n) is 12.2. The Labute approximate surface area is 122 Å². The predicted octanol–water partition coefficient (Wildman–Crippen LogP) is 2.26. The summed E-state index contributed by atoms with van der Waals surface area (Å²) in [6, 6.07) is 0. The Hall–Kier alpha value is -1.82. The van der Waals surface area contributed by atoms with Crippen LogP contribution in [-0.4, -0.2) is 25.5 Å². The summed E-state index contributed by atoms with van der Waals surface area (Å²) in [5.74, 6) is -0.170. The van der Waals surface area contributed by atoms with Gasteiger partial charge in [-0.05, 0) is 27.7 Å². The average molecular weight is 296 g/mol. The van der Waals surface area contributed by atoms with Gasteiger partial charge in [0, 0.05) is 13.2 Å². The summed E-state index contributed by atoms with van der Waals surface area (Å²) < 4.78 is 3.29. The van der Waals surface area contributed by atoms with Crippen LogP contribution in [0.2, 0.25) is 5.02 Å². The smallest absolute Gasteiger partial charge is 0.251 e. The molecule has 108 valence electrons. The number of carbonyl (C=O) groups is 1. The number of amides is 1. The quantitative estimate of drug-likeness (QED) is 0.944. The summed E-state index contributed by atoms with van der Waals surface area (Å²) in [6.07, 6.45) is 3.14. The molecule has 20 heavy (non-hydrogen) atoms. The number of carbonyl (C=O) groups excluding carboxylic acids is 1. The van der Waals surface area contributed by atoms with E-state index in [0.717, 1.165) is 17.1 Å². The van der Waals surface area contributed by atoms with Crippen LogP contribution in [0.4, 0.5) is 5.69 Å². The number of halogens is 1. The molecule has 0 unspecified atom stereocenters. The molecule has 2 aromatic heterocycles. The monoisotopic (exact) mass is 295 g/mol. The highest BCUT2D eigenvalue weighted by atomic mass is 35.5. The fourth-order valence-electron chi connectivity index (χ4n) is 1.93. The molecule has 0 bridgehead atoms. The normalized spacial score (nSPS) is 11.7. The van der Waals surface area contributed by atoms with Crippen LogP contribution in [0.3, 0.4) is 0 Å². The minimum atomic E-state index is -0.845. The third kappa shape index (κ3) is 2.43. The first-order chi connectivity index (χ1) is 9.23. The predicted molar refractivity (Wildman–Crippen MR) is 77.9 cm³/mol. The van der Waals surface area contributed by atoms with E-state index in [4.69, 9.17) is 11.6 Å². The van der Waals surface area contributed by atoms with Gasteiger partial charge in [-0.15, -0.1) is 0 Å². The van der Waals surface area contributed by atoms with Gasteiger partial charge in [0.1, 0.15) is 5.54 Å². The molecule has 2 aromatic rings. The summed E-state index contributed by atoms with van der Waals surface area (Å²) in [7, 11) is 1.84. The van der Waals surface area contributed by atoms with Crippen LogP contribution in [-0.2, 0) is 17.4 Å². The minimum absolute atomic E-state index is 0.170. The molecule has 0 saturated heterocycles. The molecule has 6 nitrogen and oxygen atoms in total. The lowest BCUT2D eigenvalue weighted by Gasteiger charge is -2.24. The van der Waals surface area contributed by atoms with Crippen LogP contribution in [0.25, 0.3) is 0 Å². The number of hydrogen-bond donors (Lipinski definition) is 1. The van der Waals surface area contributed by atoms with E-state index in [2.05, 4.69) is 15.5 Å². The number of aryl methyl sites for hydroxylation is 2. The summed E-state index contributed by atoms with van der Waals surface area (Å²) >= 11 is 5.86. The molecule has 7 heteroatoms. The Bertz CT molecular complexity index is 656.